The van der Waals surface area contributed by atoms with E-state index in [1.807, 2.05) is 13.8 Å². The van der Waals surface area contributed by atoms with E-state index in [9.17, 15) is 22.7 Å². The van der Waals surface area contributed by atoms with Gasteiger partial charge in [-0.25, -0.2) is 17.6 Å². The standard InChI is InChI=1S/C35H41FN2O10S/c1-22(2)17-38(49(41,42)27-10-11-31-32(16-27)47-21-46-31)18-30(39)29(37-35(40)48-33-20-45-34-28(33)12-13-43-34)15-23-6-8-26(9-7-23)44-19-24-4-3-5-25(36)14-24/h3-11,14,16,22,28-30,33-34,39H,12-13,15,17-21H2,1-2H3,(H,37,40)/t28-,29-,30+,33-,34+/m0/s1. The lowest BCUT2D eigenvalue weighted by Crippen LogP contribution is -2.51. The first kappa shape index (κ1) is 34.9. The van der Waals surface area contributed by atoms with E-state index in [1.165, 1.54) is 34.6 Å². The topological polar surface area (TPSA) is 142 Å². The molecule has 3 aliphatic rings. The molecule has 0 unspecified atom stereocenters. The van der Waals surface area contributed by atoms with Crippen molar-refractivity contribution in [2.24, 2.45) is 11.8 Å². The van der Waals surface area contributed by atoms with Crippen LogP contribution in [-0.2, 0) is 37.3 Å². The van der Waals surface area contributed by atoms with Crippen molar-refractivity contribution in [2.45, 2.75) is 62.7 Å². The number of rotatable bonds is 14. The maximum absolute atomic E-state index is 13.9. The van der Waals surface area contributed by atoms with E-state index in [0.717, 1.165) is 5.56 Å². The average molecular weight is 701 g/mol. The van der Waals surface area contributed by atoms with Gasteiger partial charge in [-0.05, 0) is 66.3 Å². The minimum atomic E-state index is -4.09. The quantitative estimate of drug-likeness (QED) is 0.251. The van der Waals surface area contributed by atoms with Crippen molar-refractivity contribution < 1.29 is 51.1 Å². The van der Waals surface area contributed by atoms with Gasteiger partial charge in [-0.15, -0.1) is 0 Å². The first-order valence-electron chi connectivity index (χ1n) is 16.3. The van der Waals surface area contributed by atoms with Gasteiger partial charge in [0.1, 0.15) is 24.3 Å². The number of fused-ring (bicyclic) bond motifs is 2. The predicted octanol–water partition coefficient (Wildman–Crippen LogP) is 4.24. The molecule has 5 atom stereocenters. The second kappa shape index (κ2) is 15.3. The van der Waals surface area contributed by atoms with Crippen LogP contribution in [0.4, 0.5) is 9.18 Å². The number of aliphatic hydroxyl groups is 1. The summed E-state index contributed by atoms with van der Waals surface area (Å²) in [5.41, 5.74) is 1.42. The second-order valence-corrected chi connectivity index (χ2v) is 14.7. The van der Waals surface area contributed by atoms with E-state index in [0.29, 0.717) is 35.8 Å². The third-order valence-electron chi connectivity index (χ3n) is 8.63. The van der Waals surface area contributed by atoms with Crippen LogP contribution in [0, 0.1) is 17.7 Å². The highest BCUT2D eigenvalue weighted by Gasteiger charge is 2.44. The fourth-order valence-electron chi connectivity index (χ4n) is 6.12. The summed E-state index contributed by atoms with van der Waals surface area (Å²) in [7, 11) is -4.09. The number of carbonyl (C=O) groups excluding carboxylic acids is 1. The van der Waals surface area contributed by atoms with Gasteiger partial charge in [0.2, 0.25) is 16.8 Å². The highest BCUT2D eigenvalue weighted by Crippen LogP contribution is 2.35. The maximum Gasteiger partial charge on any atom is 0.407 e. The number of benzene rings is 3. The minimum Gasteiger partial charge on any atom is -0.489 e. The van der Waals surface area contributed by atoms with E-state index in [1.54, 1.807) is 36.4 Å². The van der Waals surface area contributed by atoms with Gasteiger partial charge in [0.25, 0.3) is 0 Å². The van der Waals surface area contributed by atoms with Crippen molar-refractivity contribution in [1.29, 1.82) is 0 Å². The molecule has 3 aliphatic heterocycles. The summed E-state index contributed by atoms with van der Waals surface area (Å²) in [4.78, 5) is 13.2. The van der Waals surface area contributed by atoms with Crippen molar-refractivity contribution >= 4 is 16.1 Å². The van der Waals surface area contributed by atoms with Gasteiger partial charge in [0, 0.05) is 19.2 Å². The van der Waals surface area contributed by atoms with Gasteiger partial charge < -0.3 is 38.8 Å². The number of halogens is 1. The third kappa shape index (κ3) is 8.62. The Morgan fingerprint density at radius 3 is 2.59 bits per heavy atom. The lowest BCUT2D eigenvalue weighted by atomic mass is 10.0. The molecule has 3 aromatic carbocycles. The molecule has 49 heavy (non-hydrogen) atoms. The molecule has 0 radical (unpaired) electrons. The molecule has 264 valence electrons. The van der Waals surface area contributed by atoms with Gasteiger partial charge in [0.05, 0.1) is 36.2 Å². The zero-order valence-electron chi connectivity index (χ0n) is 27.3. The first-order valence-corrected chi connectivity index (χ1v) is 17.7. The summed E-state index contributed by atoms with van der Waals surface area (Å²) < 4.78 is 76.0. The van der Waals surface area contributed by atoms with Crippen LogP contribution in [0.15, 0.2) is 71.6 Å². The number of sulfonamides is 1. The Hall–Kier alpha value is -3.95. The zero-order valence-corrected chi connectivity index (χ0v) is 28.1. The average Bonchev–Trinajstić information content (AvgIpc) is 3.82. The van der Waals surface area contributed by atoms with Gasteiger partial charge in [0.15, 0.2) is 17.8 Å². The predicted molar refractivity (Wildman–Crippen MR) is 174 cm³/mol. The van der Waals surface area contributed by atoms with Crippen molar-refractivity contribution in [2.75, 3.05) is 33.1 Å². The molecular weight excluding hydrogens is 659 g/mol. The number of hydrogen-bond acceptors (Lipinski definition) is 10. The first-order chi connectivity index (χ1) is 23.5. The third-order valence-corrected chi connectivity index (χ3v) is 10.5. The SMILES string of the molecule is CC(C)CN(C[C@@H](O)[C@H](Cc1ccc(OCc2cccc(F)c2)cc1)NC(=O)O[C@H]1CO[C@H]2OCC[C@H]21)S(=O)(=O)c1ccc2c(c1)OCO2. The normalized spacial score (nSPS) is 21.1. The van der Waals surface area contributed by atoms with Crippen LogP contribution in [0.1, 0.15) is 31.4 Å². The molecule has 2 saturated heterocycles. The molecule has 1 amide bonds. The van der Waals surface area contributed by atoms with Crippen molar-refractivity contribution in [3.05, 3.63) is 83.7 Å². The summed E-state index contributed by atoms with van der Waals surface area (Å²) >= 11 is 0. The lowest BCUT2D eigenvalue weighted by molar-refractivity contribution is -0.0907. The van der Waals surface area contributed by atoms with Crippen LogP contribution in [0.25, 0.3) is 0 Å². The van der Waals surface area contributed by atoms with E-state index in [-0.39, 0.29) is 62.1 Å². The summed E-state index contributed by atoms with van der Waals surface area (Å²) in [6, 6.07) is 16.6. The second-order valence-electron chi connectivity index (χ2n) is 12.8. The Balaban J connectivity index is 1.18. The molecular formula is C35H41FN2O10S. The number of aliphatic hydroxyl groups excluding tert-OH is 1. The van der Waals surface area contributed by atoms with Crippen molar-refractivity contribution in [3.63, 3.8) is 0 Å². The molecule has 2 fully saturated rings. The van der Waals surface area contributed by atoms with Crippen molar-refractivity contribution in [3.8, 4) is 17.2 Å². The van der Waals surface area contributed by atoms with E-state index < -0.39 is 40.7 Å². The Labute approximate surface area is 285 Å². The molecule has 14 heteroatoms. The number of ether oxygens (including phenoxy) is 6. The van der Waals surface area contributed by atoms with Crippen LogP contribution < -0.4 is 19.5 Å². The zero-order chi connectivity index (χ0) is 34.5. The van der Waals surface area contributed by atoms with E-state index >= 15 is 0 Å². The van der Waals surface area contributed by atoms with Gasteiger partial charge in [-0.1, -0.05) is 38.1 Å². The Morgan fingerprint density at radius 2 is 1.82 bits per heavy atom. The maximum atomic E-state index is 13.9. The van der Waals surface area contributed by atoms with Crippen LogP contribution >= 0.6 is 0 Å². The Kier molecular flexibility index (Phi) is 10.9. The summed E-state index contributed by atoms with van der Waals surface area (Å²) in [5.74, 6) is 0.816. The molecule has 0 aliphatic carbocycles. The molecule has 2 N–H and O–H groups in total. The Bertz CT molecular complexity index is 1710. The van der Waals surface area contributed by atoms with Crippen LogP contribution in [0.2, 0.25) is 0 Å². The number of amides is 1. The largest absolute Gasteiger partial charge is 0.489 e. The number of nitrogens with one attached hydrogen (secondary N) is 1. The smallest absolute Gasteiger partial charge is 0.407 e. The number of carbonyl (C=O) groups is 1. The number of nitrogens with zero attached hydrogens (tertiary/aromatic N) is 1. The van der Waals surface area contributed by atoms with Gasteiger partial charge in [-0.3, -0.25) is 0 Å². The molecule has 3 heterocycles. The van der Waals surface area contributed by atoms with Gasteiger partial charge >= 0.3 is 6.09 Å². The minimum absolute atomic E-state index is 0.00176. The molecule has 6 rings (SSSR count). The van der Waals surface area contributed by atoms with Gasteiger partial charge in [-0.2, -0.15) is 4.31 Å². The number of alkyl carbamates (subject to hydrolysis) is 1. The molecule has 12 nitrogen and oxygen atoms in total. The highest BCUT2D eigenvalue weighted by molar-refractivity contribution is 7.89. The van der Waals surface area contributed by atoms with Crippen LogP contribution in [-0.4, -0.2) is 81.6 Å². The van der Waals surface area contributed by atoms with Crippen molar-refractivity contribution in [1.82, 2.24) is 9.62 Å². The highest BCUT2D eigenvalue weighted by atomic mass is 32.2. The van der Waals surface area contributed by atoms with E-state index in [4.69, 9.17) is 28.4 Å². The monoisotopic (exact) mass is 700 g/mol. The lowest BCUT2D eigenvalue weighted by Gasteiger charge is -2.31. The number of hydrogen-bond donors (Lipinski definition) is 2. The van der Waals surface area contributed by atoms with Crippen LogP contribution in [0.5, 0.6) is 17.2 Å². The van der Waals surface area contributed by atoms with E-state index in [2.05, 4.69) is 5.32 Å². The molecule has 0 bridgehead atoms. The molecule has 0 saturated carbocycles. The summed E-state index contributed by atoms with van der Waals surface area (Å²) in [6.07, 6.45) is -2.16. The fraction of sp³-hybridized carbons (Fsp3) is 0.457. The Morgan fingerprint density at radius 1 is 1.02 bits per heavy atom. The molecule has 3 aromatic rings. The molecule has 0 spiro atoms. The van der Waals surface area contributed by atoms with Crippen LogP contribution in [0.3, 0.4) is 0 Å². The summed E-state index contributed by atoms with van der Waals surface area (Å²) in [5, 5.41) is 14.4. The molecule has 0 aromatic heterocycles. The summed E-state index contributed by atoms with van der Waals surface area (Å²) in [6.45, 7) is 4.45. The fourth-order valence-corrected chi connectivity index (χ4v) is 7.76.